The summed E-state index contributed by atoms with van der Waals surface area (Å²) in [7, 11) is 0. The lowest BCUT2D eigenvalue weighted by Crippen LogP contribution is -2.26. The zero-order valence-electron chi connectivity index (χ0n) is 10.3. The second-order valence-electron chi connectivity index (χ2n) is 6.19. The van der Waals surface area contributed by atoms with Gasteiger partial charge in [0.25, 0.3) is 0 Å². The molecule has 0 aliphatic heterocycles. The van der Waals surface area contributed by atoms with Crippen LogP contribution in [0.3, 0.4) is 0 Å². The number of ether oxygens (including phenoxy) is 1. The van der Waals surface area contributed by atoms with Gasteiger partial charge in [0.15, 0.2) is 0 Å². The normalized spacial score (nSPS) is 41.9. The van der Waals surface area contributed by atoms with Crippen LogP contribution in [0.1, 0.15) is 47.0 Å². The van der Waals surface area contributed by atoms with Gasteiger partial charge in [0.05, 0.1) is 6.61 Å². The van der Waals surface area contributed by atoms with Crippen molar-refractivity contribution in [2.45, 2.75) is 47.0 Å². The van der Waals surface area contributed by atoms with Crippen molar-refractivity contribution >= 4 is 5.97 Å². The van der Waals surface area contributed by atoms with Gasteiger partial charge in [-0.1, -0.05) is 20.8 Å². The van der Waals surface area contributed by atoms with E-state index in [1.165, 1.54) is 26.2 Å². The smallest absolute Gasteiger partial charge is 0.302 e. The molecule has 2 rings (SSSR count). The van der Waals surface area contributed by atoms with Gasteiger partial charge in [-0.15, -0.1) is 0 Å². The van der Waals surface area contributed by atoms with Crippen LogP contribution in [0.15, 0.2) is 0 Å². The highest BCUT2D eigenvalue weighted by molar-refractivity contribution is 5.65. The molecule has 2 bridgehead atoms. The molecule has 2 aliphatic rings. The average Bonchev–Trinajstić information content (AvgIpc) is 2.45. The Kier molecular flexibility index (Phi) is 2.36. The van der Waals surface area contributed by atoms with E-state index < -0.39 is 0 Å². The summed E-state index contributed by atoms with van der Waals surface area (Å²) >= 11 is 0. The number of rotatable bonds is 2. The lowest BCUT2D eigenvalue weighted by atomic mass is 9.71. The van der Waals surface area contributed by atoms with Crippen molar-refractivity contribution in [3.63, 3.8) is 0 Å². The topological polar surface area (TPSA) is 26.3 Å². The standard InChI is InChI=1S/C13H22O2/c1-9(14)15-8-10-7-13(4)6-5-11(10)12(13,2)3/h10-11H,5-8H2,1-4H3/t10-,11-,13-/m1/s1. The molecule has 2 nitrogen and oxygen atoms in total. The van der Waals surface area contributed by atoms with E-state index in [0.717, 1.165) is 5.92 Å². The van der Waals surface area contributed by atoms with Gasteiger partial charge >= 0.3 is 5.97 Å². The third-order valence-electron chi connectivity index (χ3n) is 5.27. The Bertz CT molecular complexity index is 280. The Morgan fingerprint density at radius 2 is 2.07 bits per heavy atom. The molecule has 0 aromatic heterocycles. The minimum atomic E-state index is -0.138. The van der Waals surface area contributed by atoms with Crippen LogP contribution >= 0.6 is 0 Å². The molecule has 0 radical (unpaired) electrons. The summed E-state index contributed by atoms with van der Waals surface area (Å²) in [6, 6.07) is 0. The first-order valence-corrected chi connectivity index (χ1v) is 6.00. The fraction of sp³-hybridized carbons (Fsp3) is 0.923. The molecule has 2 fully saturated rings. The second kappa shape index (κ2) is 3.23. The molecule has 3 atom stereocenters. The third kappa shape index (κ3) is 1.49. The van der Waals surface area contributed by atoms with Crippen molar-refractivity contribution in [1.82, 2.24) is 0 Å². The predicted molar refractivity (Wildman–Crippen MR) is 59.4 cm³/mol. The molecular formula is C13H22O2. The van der Waals surface area contributed by atoms with E-state index >= 15 is 0 Å². The average molecular weight is 210 g/mol. The highest BCUT2D eigenvalue weighted by Crippen LogP contribution is 2.67. The molecule has 15 heavy (non-hydrogen) atoms. The Labute approximate surface area is 92.4 Å². The number of hydrogen-bond donors (Lipinski definition) is 0. The molecule has 0 amide bonds. The van der Waals surface area contributed by atoms with Gasteiger partial charge in [-0.05, 0) is 41.9 Å². The molecule has 2 saturated carbocycles. The Morgan fingerprint density at radius 3 is 2.47 bits per heavy atom. The van der Waals surface area contributed by atoms with Crippen LogP contribution in [0, 0.1) is 22.7 Å². The first kappa shape index (κ1) is 11.0. The third-order valence-corrected chi connectivity index (χ3v) is 5.27. The quantitative estimate of drug-likeness (QED) is 0.655. The summed E-state index contributed by atoms with van der Waals surface area (Å²) in [4.78, 5) is 10.8. The highest BCUT2D eigenvalue weighted by Gasteiger charge is 2.60. The molecule has 0 aromatic carbocycles. The zero-order chi connectivity index (χ0) is 11.3. The fourth-order valence-electron chi connectivity index (χ4n) is 3.92. The Balaban J connectivity index is 2.05. The fourth-order valence-corrected chi connectivity index (χ4v) is 3.92. The Hall–Kier alpha value is -0.530. The van der Waals surface area contributed by atoms with Gasteiger partial charge in [0.2, 0.25) is 0 Å². The molecule has 2 aliphatic carbocycles. The van der Waals surface area contributed by atoms with Gasteiger partial charge in [-0.3, -0.25) is 4.79 Å². The first-order chi connectivity index (χ1) is 6.87. The predicted octanol–water partition coefficient (Wildman–Crippen LogP) is 3.01. The Morgan fingerprint density at radius 1 is 1.40 bits per heavy atom. The molecule has 0 heterocycles. The van der Waals surface area contributed by atoms with Crippen molar-refractivity contribution in [2.24, 2.45) is 22.7 Å². The summed E-state index contributed by atoms with van der Waals surface area (Å²) in [5.74, 6) is 1.21. The SMILES string of the molecule is CC(=O)OC[C@H]1C[C@@]2(C)CC[C@H]1C2(C)C. The molecular weight excluding hydrogens is 188 g/mol. The van der Waals surface area contributed by atoms with Crippen LogP contribution in [0.2, 0.25) is 0 Å². The van der Waals surface area contributed by atoms with Crippen LogP contribution in [-0.4, -0.2) is 12.6 Å². The summed E-state index contributed by atoms with van der Waals surface area (Å²) in [6.45, 7) is 9.32. The monoisotopic (exact) mass is 210 g/mol. The molecule has 0 aromatic rings. The largest absolute Gasteiger partial charge is 0.466 e. The van der Waals surface area contributed by atoms with Gasteiger partial charge in [0, 0.05) is 6.92 Å². The van der Waals surface area contributed by atoms with Gasteiger partial charge < -0.3 is 4.74 Å². The lowest BCUT2D eigenvalue weighted by Gasteiger charge is -2.34. The number of esters is 1. The maximum absolute atomic E-state index is 10.8. The van der Waals surface area contributed by atoms with Crippen molar-refractivity contribution in [3.05, 3.63) is 0 Å². The van der Waals surface area contributed by atoms with E-state index in [1.54, 1.807) is 0 Å². The highest BCUT2D eigenvalue weighted by atomic mass is 16.5. The molecule has 86 valence electrons. The minimum absolute atomic E-state index is 0.138. The molecule has 0 unspecified atom stereocenters. The summed E-state index contributed by atoms with van der Waals surface area (Å²) < 4.78 is 5.18. The van der Waals surface area contributed by atoms with Crippen LogP contribution in [0.5, 0.6) is 0 Å². The molecule has 0 N–H and O–H groups in total. The van der Waals surface area contributed by atoms with E-state index in [1.807, 2.05) is 0 Å². The van der Waals surface area contributed by atoms with Crippen molar-refractivity contribution in [2.75, 3.05) is 6.61 Å². The molecule has 0 spiro atoms. The maximum Gasteiger partial charge on any atom is 0.302 e. The lowest BCUT2D eigenvalue weighted by molar-refractivity contribution is -0.143. The summed E-state index contributed by atoms with van der Waals surface area (Å²) in [5.41, 5.74) is 0.903. The van der Waals surface area contributed by atoms with Gasteiger partial charge in [-0.25, -0.2) is 0 Å². The van der Waals surface area contributed by atoms with Gasteiger partial charge in [-0.2, -0.15) is 0 Å². The van der Waals surface area contributed by atoms with Crippen LogP contribution in [0.4, 0.5) is 0 Å². The van der Waals surface area contributed by atoms with Crippen molar-refractivity contribution in [3.8, 4) is 0 Å². The zero-order valence-corrected chi connectivity index (χ0v) is 10.3. The number of hydrogen-bond acceptors (Lipinski definition) is 2. The van der Waals surface area contributed by atoms with Crippen molar-refractivity contribution in [1.29, 1.82) is 0 Å². The minimum Gasteiger partial charge on any atom is -0.466 e. The van der Waals surface area contributed by atoms with Gasteiger partial charge in [0.1, 0.15) is 0 Å². The van der Waals surface area contributed by atoms with Crippen molar-refractivity contribution < 1.29 is 9.53 Å². The van der Waals surface area contributed by atoms with E-state index in [9.17, 15) is 4.79 Å². The second-order valence-corrected chi connectivity index (χ2v) is 6.19. The number of carbonyl (C=O) groups is 1. The summed E-state index contributed by atoms with van der Waals surface area (Å²) in [5, 5.41) is 0. The maximum atomic E-state index is 10.8. The molecule has 2 heteroatoms. The molecule has 0 saturated heterocycles. The van der Waals surface area contributed by atoms with Crippen LogP contribution in [0.25, 0.3) is 0 Å². The number of fused-ring (bicyclic) bond motifs is 2. The van der Waals surface area contributed by atoms with E-state index in [4.69, 9.17) is 4.74 Å². The van der Waals surface area contributed by atoms with Crippen LogP contribution in [-0.2, 0) is 9.53 Å². The number of carbonyl (C=O) groups excluding carboxylic acids is 1. The summed E-state index contributed by atoms with van der Waals surface area (Å²) in [6.07, 6.45) is 3.90. The first-order valence-electron chi connectivity index (χ1n) is 6.00. The van der Waals surface area contributed by atoms with Crippen LogP contribution < -0.4 is 0 Å². The van der Waals surface area contributed by atoms with E-state index in [0.29, 0.717) is 23.4 Å². The van der Waals surface area contributed by atoms with E-state index in [2.05, 4.69) is 20.8 Å². The van der Waals surface area contributed by atoms with E-state index in [-0.39, 0.29) is 5.97 Å².